The van der Waals surface area contributed by atoms with Gasteiger partial charge in [0.2, 0.25) is 5.91 Å². The zero-order valence-corrected chi connectivity index (χ0v) is 19.7. The van der Waals surface area contributed by atoms with Crippen molar-refractivity contribution in [3.8, 4) is 5.75 Å². The highest BCUT2D eigenvalue weighted by atomic mass is 16.5. The van der Waals surface area contributed by atoms with Gasteiger partial charge in [0.25, 0.3) is 0 Å². The zero-order chi connectivity index (χ0) is 21.6. The maximum Gasteiger partial charge on any atom is 0.222 e. The largest absolute Gasteiger partial charge is 0.494 e. The molecule has 4 nitrogen and oxygen atoms in total. The van der Waals surface area contributed by atoms with Gasteiger partial charge in [-0.2, -0.15) is 0 Å². The molecule has 5 atom stereocenters. The maximum atomic E-state index is 12.4. The van der Waals surface area contributed by atoms with E-state index in [0.29, 0.717) is 17.7 Å². The fourth-order valence-corrected chi connectivity index (χ4v) is 7.41. The zero-order valence-electron chi connectivity index (χ0n) is 19.7. The number of piperidine rings is 1. The molecule has 0 aromatic heterocycles. The molecule has 5 rings (SSSR count). The van der Waals surface area contributed by atoms with Crippen molar-refractivity contribution >= 4 is 5.91 Å². The van der Waals surface area contributed by atoms with Crippen molar-refractivity contribution in [3.63, 3.8) is 0 Å². The second kappa shape index (κ2) is 8.42. The molecule has 2 saturated heterocycles. The van der Waals surface area contributed by atoms with Crippen molar-refractivity contribution in [2.75, 3.05) is 26.7 Å². The molecule has 0 N–H and O–H groups in total. The molecule has 1 amide bonds. The molecular formula is C27H40N2O2. The van der Waals surface area contributed by atoms with Crippen LogP contribution in [0.5, 0.6) is 5.75 Å². The number of aryl methyl sites for hydroxylation is 1. The number of fused-ring (bicyclic) bond motifs is 5. The first kappa shape index (κ1) is 21.3. The molecule has 170 valence electrons. The van der Waals surface area contributed by atoms with Crippen LogP contribution in [0.2, 0.25) is 0 Å². The number of benzene rings is 1. The smallest absolute Gasteiger partial charge is 0.222 e. The van der Waals surface area contributed by atoms with Gasteiger partial charge < -0.3 is 14.5 Å². The van der Waals surface area contributed by atoms with E-state index in [4.69, 9.17) is 4.74 Å². The molecule has 2 aliphatic carbocycles. The van der Waals surface area contributed by atoms with E-state index in [1.54, 1.807) is 5.56 Å². The molecule has 4 heteroatoms. The highest BCUT2D eigenvalue weighted by Gasteiger charge is 2.52. The van der Waals surface area contributed by atoms with E-state index in [1.807, 2.05) is 7.05 Å². The van der Waals surface area contributed by atoms with E-state index in [1.165, 1.54) is 37.8 Å². The predicted octanol–water partition coefficient (Wildman–Crippen LogP) is 5.01. The number of ether oxygens (including phenoxy) is 1. The Labute approximate surface area is 188 Å². The van der Waals surface area contributed by atoms with Gasteiger partial charge in [-0.25, -0.2) is 0 Å². The number of nitrogens with zero attached hydrogens (tertiary/aromatic N) is 2. The third kappa shape index (κ3) is 3.79. The van der Waals surface area contributed by atoms with E-state index in [-0.39, 0.29) is 5.54 Å². The lowest BCUT2D eigenvalue weighted by molar-refractivity contribution is -0.148. The van der Waals surface area contributed by atoms with Crippen molar-refractivity contribution in [2.24, 2.45) is 11.8 Å². The average molecular weight is 425 g/mol. The second-order valence-electron chi connectivity index (χ2n) is 10.9. The molecule has 1 aromatic carbocycles. The minimum atomic E-state index is 0.0594. The van der Waals surface area contributed by atoms with Crippen LogP contribution in [0, 0.1) is 11.8 Å². The van der Waals surface area contributed by atoms with E-state index < -0.39 is 0 Å². The lowest BCUT2D eigenvalue weighted by Gasteiger charge is -2.57. The molecule has 2 heterocycles. The summed E-state index contributed by atoms with van der Waals surface area (Å²) < 4.78 is 6.16. The van der Waals surface area contributed by atoms with Gasteiger partial charge in [-0.05, 0) is 113 Å². The van der Waals surface area contributed by atoms with Crippen molar-refractivity contribution in [2.45, 2.75) is 89.1 Å². The summed E-state index contributed by atoms with van der Waals surface area (Å²) in [5.41, 5.74) is 3.14. The average Bonchev–Trinajstić information content (AvgIpc) is 3.18. The number of likely N-dealkylation sites (tertiary alicyclic amines) is 2. The van der Waals surface area contributed by atoms with E-state index in [9.17, 15) is 4.79 Å². The Hall–Kier alpha value is -1.55. The molecular weight excluding hydrogens is 384 g/mol. The Morgan fingerprint density at radius 1 is 1.16 bits per heavy atom. The summed E-state index contributed by atoms with van der Waals surface area (Å²) in [4.78, 5) is 17.0. The van der Waals surface area contributed by atoms with Gasteiger partial charge in [-0.3, -0.25) is 4.79 Å². The summed E-state index contributed by atoms with van der Waals surface area (Å²) in [6.45, 7) is 7.93. The van der Waals surface area contributed by atoms with Gasteiger partial charge >= 0.3 is 0 Å². The highest BCUT2D eigenvalue weighted by molar-refractivity contribution is 5.77. The molecule has 31 heavy (non-hydrogen) atoms. The third-order valence-electron chi connectivity index (χ3n) is 9.41. The minimum absolute atomic E-state index is 0.0594. The lowest BCUT2D eigenvalue weighted by Crippen LogP contribution is -2.60. The standard InChI is InChI=1S/C27H40N2O2/c1-19-6-4-15-29(19)16-5-17-31-21-8-10-22-20(18-21)7-9-24-23(22)13-14-27(2)25(24)11-12-26(30)28(27)3/h8,10,18-19,23-25H,4-7,9,11-17H2,1-3H3/t19-,23-,24-,25-,27+/m1/s1. The molecule has 0 radical (unpaired) electrons. The van der Waals surface area contributed by atoms with Crippen molar-refractivity contribution < 1.29 is 9.53 Å². The summed E-state index contributed by atoms with van der Waals surface area (Å²) in [7, 11) is 2.04. The fraction of sp³-hybridized carbons (Fsp3) is 0.741. The maximum absolute atomic E-state index is 12.4. The molecule has 0 spiro atoms. The van der Waals surface area contributed by atoms with Crippen LogP contribution in [0.25, 0.3) is 0 Å². The van der Waals surface area contributed by atoms with Crippen LogP contribution in [0.15, 0.2) is 18.2 Å². The highest BCUT2D eigenvalue weighted by Crippen LogP contribution is 2.55. The van der Waals surface area contributed by atoms with Crippen LogP contribution in [-0.2, 0) is 11.2 Å². The molecule has 4 aliphatic rings. The molecule has 2 aliphatic heterocycles. The van der Waals surface area contributed by atoms with Gasteiger partial charge in [-0.15, -0.1) is 0 Å². The van der Waals surface area contributed by atoms with Crippen LogP contribution in [0.1, 0.15) is 82.3 Å². The fourth-order valence-electron chi connectivity index (χ4n) is 7.41. The van der Waals surface area contributed by atoms with Crippen LogP contribution in [-0.4, -0.2) is 54.0 Å². The van der Waals surface area contributed by atoms with E-state index >= 15 is 0 Å². The Balaban J connectivity index is 1.22. The van der Waals surface area contributed by atoms with Crippen molar-refractivity contribution in [1.82, 2.24) is 9.80 Å². The predicted molar refractivity (Wildman–Crippen MR) is 125 cm³/mol. The SMILES string of the molecule is C[C@@H]1CCCN1CCCOc1ccc2c(c1)CC[C@@H]1[C@@H]2CC[C@@]2(C)[C@@H]1CCC(=O)N2C. The first-order valence-electron chi connectivity index (χ1n) is 12.7. The Morgan fingerprint density at radius 2 is 2.03 bits per heavy atom. The first-order chi connectivity index (χ1) is 15.0. The number of carbonyl (C=O) groups is 1. The Morgan fingerprint density at radius 3 is 2.84 bits per heavy atom. The topological polar surface area (TPSA) is 32.8 Å². The van der Waals surface area contributed by atoms with Crippen molar-refractivity contribution in [3.05, 3.63) is 29.3 Å². The van der Waals surface area contributed by atoms with Gasteiger partial charge in [0.1, 0.15) is 5.75 Å². The second-order valence-corrected chi connectivity index (χ2v) is 10.9. The number of rotatable bonds is 5. The molecule has 1 saturated carbocycles. The number of amides is 1. The lowest BCUT2D eigenvalue weighted by atomic mass is 9.55. The summed E-state index contributed by atoms with van der Waals surface area (Å²) >= 11 is 0. The van der Waals surface area contributed by atoms with Crippen LogP contribution in [0.3, 0.4) is 0 Å². The minimum Gasteiger partial charge on any atom is -0.494 e. The summed E-state index contributed by atoms with van der Waals surface area (Å²) in [6, 6.07) is 7.65. The van der Waals surface area contributed by atoms with Gasteiger partial charge in [0.15, 0.2) is 0 Å². The number of hydrogen-bond acceptors (Lipinski definition) is 3. The van der Waals surface area contributed by atoms with Crippen LogP contribution >= 0.6 is 0 Å². The molecule has 0 unspecified atom stereocenters. The van der Waals surface area contributed by atoms with E-state index in [2.05, 4.69) is 41.8 Å². The first-order valence-corrected chi connectivity index (χ1v) is 12.7. The third-order valence-corrected chi connectivity index (χ3v) is 9.41. The van der Waals surface area contributed by atoms with Crippen molar-refractivity contribution in [1.29, 1.82) is 0 Å². The number of carbonyl (C=O) groups excluding carboxylic acids is 1. The summed E-state index contributed by atoms with van der Waals surface area (Å²) in [5.74, 6) is 3.42. The summed E-state index contributed by atoms with van der Waals surface area (Å²) in [5, 5.41) is 0. The summed E-state index contributed by atoms with van der Waals surface area (Å²) in [6.07, 6.45) is 10.4. The van der Waals surface area contributed by atoms with Gasteiger partial charge in [0.05, 0.1) is 6.61 Å². The molecule has 1 aromatic rings. The van der Waals surface area contributed by atoms with Crippen LogP contribution in [0.4, 0.5) is 0 Å². The normalized spacial score (nSPS) is 35.5. The quantitative estimate of drug-likeness (QED) is 0.623. The van der Waals surface area contributed by atoms with Gasteiger partial charge in [0, 0.05) is 31.6 Å². The molecule has 3 fully saturated rings. The Kier molecular flexibility index (Phi) is 5.79. The monoisotopic (exact) mass is 424 g/mol. The van der Waals surface area contributed by atoms with Crippen LogP contribution < -0.4 is 4.74 Å². The molecule has 0 bridgehead atoms. The Bertz CT molecular complexity index is 823. The van der Waals surface area contributed by atoms with Gasteiger partial charge in [-0.1, -0.05) is 6.07 Å². The number of hydrogen-bond donors (Lipinski definition) is 0. The van der Waals surface area contributed by atoms with E-state index in [0.717, 1.165) is 63.0 Å².